The summed E-state index contributed by atoms with van der Waals surface area (Å²) in [6, 6.07) is 0.714. The minimum Gasteiger partial charge on any atom is -0.516 e. The number of carbonyl (C=O) groups is 1. The summed E-state index contributed by atoms with van der Waals surface area (Å²) in [4.78, 5) is 14.8. The van der Waals surface area contributed by atoms with Gasteiger partial charge < -0.3 is 9.84 Å². The average Bonchev–Trinajstić information content (AvgIpc) is 2.28. The molecule has 0 fully saturated rings. The second-order valence-electron chi connectivity index (χ2n) is 3.20. The number of halogens is 3. The van der Waals surface area contributed by atoms with Gasteiger partial charge in [-0.05, 0) is 19.1 Å². The number of aromatic nitrogens is 1. The Kier molecular flexibility index (Phi) is 4.30. The van der Waals surface area contributed by atoms with Gasteiger partial charge in [-0.2, -0.15) is 13.2 Å². The molecule has 1 heterocycles. The lowest BCUT2D eigenvalue weighted by molar-refractivity contribution is -0.137. The predicted octanol–water partition coefficient (Wildman–Crippen LogP) is 2.81. The number of esters is 1. The average molecular weight is 261 g/mol. The molecule has 4 nitrogen and oxygen atoms in total. The van der Waals surface area contributed by atoms with Gasteiger partial charge >= 0.3 is 12.1 Å². The number of hydrogen-bond donors (Lipinski definition) is 1. The molecule has 0 bridgehead atoms. The first kappa shape index (κ1) is 14.0. The van der Waals surface area contributed by atoms with Gasteiger partial charge in [0.15, 0.2) is 5.69 Å². The van der Waals surface area contributed by atoms with E-state index < -0.39 is 17.7 Å². The van der Waals surface area contributed by atoms with E-state index in [1.54, 1.807) is 6.92 Å². The molecule has 0 aliphatic rings. The highest BCUT2D eigenvalue weighted by molar-refractivity contribution is 5.91. The Morgan fingerprint density at radius 3 is 2.72 bits per heavy atom. The Balaban J connectivity index is 3.25. The first-order valence-corrected chi connectivity index (χ1v) is 4.95. The van der Waals surface area contributed by atoms with Crippen LogP contribution >= 0.6 is 0 Å². The maximum atomic E-state index is 12.4. The van der Waals surface area contributed by atoms with Crippen LogP contribution in [0.1, 0.15) is 28.5 Å². The van der Waals surface area contributed by atoms with E-state index in [-0.39, 0.29) is 17.9 Å². The van der Waals surface area contributed by atoms with Crippen molar-refractivity contribution in [2.24, 2.45) is 0 Å². The van der Waals surface area contributed by atoms with Crippen molar-refractivity contribution in [2.45, 2.75) is 13.1 Å². The molecule has 0 aliphatic carbocycles. The standard InChI is InChI=1S/C11H10F3NO3/c1-2-18-10(17)9-7(3-4-16)5-8(6-15-9)11(12,13)14/h3-6,16H,2H2,1H3/b4-3+. The summed E-state index contributed by atoms with van der Waals surface area (Å²) in [6.45, 7) is 1.63. The van der Waals surface area contributed by atoms with Gasteiger partial charge in [-0.25, -0.2) is 9.78 Å². The molecule has 7 heteroatoms. The van der Waals surface area contributed by atoms with Crippen LogP contribution in [0, 0.1) is 0 Å². The third-order valence-corrected chi connectivity index (χ3v) is 1.97. The molecule has 0 atom stereocenters. The van der Waals surface area contributed by atoms with Crippen LogP contribution in [0.2, 0.25) is 0 Å². The van der Waals surface area contributed by atoms with Crippen LogP contribution in [-0.4, -0.2) is 22.7 Å². The van der Waals surface area contributed by atoms with E-state index in [9.17, 15) is 18.0 Å². The fourth-order valence-electron chi connectivity index (χ4n) is 1.21. The van der Waals surface area contributed by atoms with E-state index in [1.807, 2.05) is 0 Å². The van der Waals surface area contributed by atoms with Crippen molar-refractivity contribution in [1.82, 2.24) is 4.98 Å². The first-order valence-electron chi connectivity index (χ1n) is 4.95. The highest BCUT2D eigenvalue weighted by Gasteiger charge is 2.32. The van der Waals surface area contributed by atoms with E-state index in [4.69, 9.17) is 5.11 Å². The highest BCUT2D eigenvalue weighted by atomic mass is 19.4. The van der Waals surface area contributed by atoms with Crippen molar-refractivity contribution >= 4 is 12.0 Å². The number of aliphatic hydroxyl groups excluding tert-OH is 1. The van der Waals surface area contributed by atoms with Gasteiger partial charge in [-0.3, -0.25) is 0 Å². The Morgan fingerprint density at radius 1 is 1.56 bits per heavy atom. The van der Waals surface area contributed by atoms with Gasteiger partial charge in [0.25, 0.3) is 0 Å². The van der Waals surface area contributed by atoms with Crippen molar-refractivity contribution in [1.29, 1.82) is 0 Å². The van der Waals surface area contributed by atoms with Crippen LogP contribution in [0.15, 0.2) is 18.5 Å². The number of aliphatic hydroxyl groups is 1. The van der Waals surface area contributed by atoms with E-state index in [0.717, 1.165) is 6.08 Å². The SMILES string of the molecule is CCOC(=O)c1ncc(C(F)(F)F)cc1/C=C/O. The van der Waals surface area contributed by atoms with Crippen molar-refractivity contribution in [3.63, 3.8) is 0 Å². The molecule has 1 N–H and O–H groups in total. The quantitative estimate of drug-likeness (QED) is 0.671. The number of alkyl halides is 3. The lowest BCUT2D eigenvalue weighted by Crippen LogP contribution is -2.12. The molecule has 18 heavy (non-hydrogen) atoms. The van der Waals surface area contributed by atoms with Crippen molar-refractivity contribution in [3.05, 3.63) is 35.3 Å². The Hall–Kier alpha value is -2.05. The molecule has 0 saturated heterocycles. The van der Waals surface area contributed by atoms with Crippen LogP contribution in [0.25, 0.3) is 6.08 Å². The molecular formula is C11H10F3NO3. The largest absolute Gasteiger partial charge is 0.516 e. The zero-order chi connectivity index (χ0) is 13.8. The number of pyridine rings is 1. The zero-order valence-corrected chi connectivity index (χ0v) is 9.36. The molecular weight excluding hydrogens is 251 g/mol. The lowest BCUT2D eigenvalue weighted by Gasteiger charge is -2.09. The van der Waals surface area contributed by atoms with Gasteiger partial charge in [0.2, 0.25) is 0 Å². The molecule has 0 spiro atoms. The number of ether oxygens (including phenoxy) is 1. The van der Waals surface area contributed by atoms with Crippen LogP contribution in [0.4, 0.5) is 13.2 Å². The Bertz CT molecular complexity index is 469. The first-order chi connectivity index (χ1) is 8.40. The molecule has 1 aromatic heterocycles. The van der Waals surface area contributed by atoms with Crippen LogP contribution in [0.3, 0.4) is 0 Å². The number of hydrogen-bond acceptors (Lipinski definition) is 4. The summed E-state index contributed by atoms with van der Waals surface area (Å²) in [5.74, 6) is -0.848. The third-order valence-electron chi connectivity index (χ3n) is 1.97. The predicted molar refractivity (Wildman–Crippen MR) is 56.9 cm³/mol. The number of carbonyl (C=O) groups excluding carboxylic acids is 1. The van der Waals surface area contributed by atoms with Gasteiger partial charge in [0.1, 0.15) is 0 Å². The van der Waals surface area contributed by atoms with E-state index in [0.29, 0.717) is 18.5 Å². The van der Waals surface area contributed by atoms with Gasteiger partial charge in [-0.1, -0.05) is 0 Å². The maximum absolute atomic E-state index is 12.4. The number of nitrogens with zero attached hydrogens (tertiary/aromatic N) is 1. The monoisotopic (exact) mass is 261 g/mol. The molecule has 0 aliphatic heterocycles. The van der Waals surface area contributed by atoms with Gasteiger partial charge in [0, 0.05) is 11.8 Å². The van der Waals surface area contributed by atoms with E-state index in [1.165, 1.54) is 0 Å². The highest BCUT2D eigenvalue weighted by Crippen LogP contribution is 2.30. The summed E-state index contributed by atoms with van der Waals surface area (Å²) in [5, 5.41) is 8.61. The molecule has 0 aromatic carbocycles. The fourth-order valence-corrected chi connectivity index (χ4v) is 1.21. The third kappa shape index (κ3) is 3.22. The normalized spacial score (nSPS) is 11.8. The molecule has 0 radical (unpaired) electrons. The summed E-state index contributed by atoms with van der Waals surface area (Å²) in [6.07, 6.45) is -2.56. The second kappa shape index (κ2) is 5.52. The van der Waals surface area contributed by atoms with Crippen LogP contribution in [-0.2, 0) is 10.9 Å². The van der Waals surface area contributed by atoms with Gasteiger partial charge in [0.05, 0.1) is 18.4 Å². The number of rotatable bonds is 3. The Morgan fingerprint density at radius 2 is 2.22 bits per heavy atom. The van der Waals surface area contributed by atoms with E-state index >= 15 is 0 Å². The summed E-state index contributed by atoms with van der Waals surface area (Å²) >= 11 is 0. The van der Waals surface area contributed by atoms with Crippen molar-refractivity contribution in [2.75, 3.05) is 6.61 Å². The summed E-state index contributed by atoms with van der Waals surface area (Å²) in [5.41, 5.74) is -1.45. The van der Waals surface area contributed by atoms with E-state index in [2.05, 4.69) is 9.72 Å². The second-order valence-corrected chi connectivity index (χ2v) is 3.20. The molecule has 98 valence electrons. The lowest BCUT2D eigenvalue weighted by atomic mass is 10.1. The van der Waals surface area contributed by atoms with Crippen molar-refractivity contribution in [3.8, 4) is 0 Å². The Labute approximate surface area is 101 Å². The molecule has 0 unspecified atom stereocenters. The summed E-state index contributed by atoms with van der Waals surface area (Å²) in [7, 11) is 0. The van der Waals surface area contributed by atoms with Crippen LogP contribution < -0.4 is 0 Å². The molecule has 0 amide bonds. The zero-order valence-electron chi connectivity index (χ0n) is 9.36. The molecule has 1 rings (SSSR count). The van der Waals surface area contributed by atoms with Crippen molar-refractivity contribution < 1.29 is 27.8 Å². The minimum absolute atomic E-state index is 0.0732. The topological polar surface area (TPSA) is 59.4 Å². The minimum atomic E-state index is -4.57. The summed E-state index contributed by atoms with van der Waals surface area (Å²) < 4.78 is 42.0. The molecule has 1 aromatic rings. The smallest absolute Gasteiger partial charge is 0.417 e. The molecule has 0 saturated carbocycles. The van der Waals surface area contributed by atoms with Gasteiger partial charge in [-0.15, -0.1) is 0 Å². The fraction of sp³-hybridized carbons (Fsp3) is 0.273. The maximum Gasteiger partial charge on any atom is 0.417 e. The van der Waals surface area contributed by atoms with Crippen LogP contribution in [0.5, 0.6) is 0 Å².